The predicted molar refractivity (Wildman–Crippen MR) is 121 cm³/mol. The van der Waals surface area contributed by atoms with Crippen LogP contribution >= 0.6 is 23.8 Å². The number of hydrogen-bond donors (Lipinski definition) is 3. The van der Waals surface area contributed by atoms with E-state index in [4.69, 9.17) is 28.6 Å². The molecule has 0 aliphatic carbocycles. The number of pyridine rings is 1. The van der Waals surface area contributed by atoms with Crippen LogP contribution in [-0.2, 0) is 9.53 Å². The van der Waals surface area contributed by atoms with Crippen molar-refractivity contribution in [3.8, 4) is 0 Å². The van der Waals surface area contributed by atoms with Gasteiger partial charge in [0.2, 0.25) is 5.91 Å². The Kier molecular flexibility index (Phi) is 5.98. The first kappa shape index (κ1) is 20.3. The molecule has 0 bridgehead atoms. The Morgan fingerprint density at radius 1 is 1.30 bits per heavy atom. The molecule has 1 fully saturated rings. The number of ether oxygens (including phenoxy) is 1. The van der Waals surface area contributed by atoms with Crippen molar-refractivity contribution in [3.05, 3.63) is 77.3 Å². The van der Waals surface area contributed by atoms with E-state index in [9.17, 15) is 4.79 Å². The monoisotopic (exact) mass is 441 g/mol. The molecule has 1 saturated heterocycles. The van der Waals surface area contributed by atoms with Gasteiger partial charge in [-0.2, -0.15) is 0 Å². The van der Waals surface area contributed by atoms with Crippen molar-refractivity contribution >= 4 is 46.2 Å². The lowest BCUT2D eigenvalue weighted by Gasteiger charge is -2.27. The second kappa shape index (κ2) is 8.83. The first-order valence-electron chi connectivity index (χ1n) is 9.31. The minimum atomic E-state index is -0.273. The molecule has 1 aliphatic rings. The largest absolute Gasteiger partial charge is 0.375 e. The zero-order chi connectivity index (χ0) is 21.1. The van der Waals surface area contributed by atoms with Crippen LogP contribution in [-0.4, -0.2) is 34.7 Å². The van der Waals surface area contributed by atoms with Gasteiger partial charge in [0.1, 0.15) is 12.6 Å². The third-order valence-corrected chi connectivity index (χ3v) is 5.45. The summed E-state index contributed by atoms with van der Waals surface area (Å²) in [6.07, 6.45) is 3.65. The highest BCUT2D eigenvalue weighted by molar-refractivity contribution is 7.80. The molecule has 7 nitrogen and oxygen atoms in total. The molecule has 3 aromatic rings. The van der Waals surface area contributed by atoms with E-state index in [2.05, 4.69) is 20.6 Å². The lowest BCUT2D eigenvalue weighted by Crippen LogP contribution is -2.29. The number of amides is 1. The molecule has 3 heterocycles. The van der Waals surface area contributed by atoms with Crippen molar-refractivity contribution in [2.24, 2.45) is 0 Å². The molecule has 2 aromatic heterocycles. The summed E-state index contributed by atoms with van der Waals surface area (Å²) in [5.74, 6) is -0.273. The van der Waals surface area contributed by atoms with Gasteiger partial charge >= 0.3 is 0 Å². The third-order valence-electron chi connectivity index (χ3n) is 4.82. The molecular formula is C21H20ClN5O2S. The summed E-state index contributed by atoms with van der Waals surface area (Å²) in [6, 6.07) is 14.9. The molecule has 4 rings (SSSR count). The molecule has 30 heavy (non-hydrogen) atoms. The number of methoxy groups -OCH3 is 1. The highest BCUT2D eigenvalue weighted by Crippen LogP contribution is 2.42. The van der Waals surface area contributed by atoms with Crippen molar-refractivity contribution in [2.45, 2.75) is 12.1 Å². The van der Waals surface area contributed by atoms with E-state index in [1.165, 1.54) is 7.11 Å². The van der Waals surface area contributed by atoms with Crippen LogP contribution in [0.3, 0.4) is 0 Å². The molecular weight excluding hydrogens is 422 g/mol. The molecule has 1 amide bonds. The van der Waals surface area contributed by atoms with Gasteiger partial charge in [0.05, 0.1) is 22.4 Å². The van der Waals surface area contributed by atoms with Crippen LogP contribution in [0, 0.1) is 0 Å². The van der Waals surface area contributed by atoms with Gasteiger partial charge in [0, 0.05) is 30.9 Å². The van der Waals surface area contributed by atoms with Gasteiger partial charge in [0.15, 0.2) is 5.11 Å². The van der Waals surface area contributed by atoms with Gasteiger partial charge in [-0.05, 0) is 54.7 Å². The Morgan fingerprint density at radius 3 is 2.83 bits per heavy atom. The fraction of sp³-hybridized carbons (Fsp3) is 0.190. The lowest BCUT2D eigenvalue weighted by atomic mass is 10.0. The first-order valence-corrected chi connectivity index (χ1v) is 10.1. The number of hydrogen-bond acceptors (Lipinski definition) is 4. The Morgan fingerprint density at radius 2 is 2.17 bits per heavy atom. The summed E-state index contributed by atoms with van der Waals surface area (Å²) in [6.45, 7) is -0.0428. The van der Waals surface area contributed by atoms with Gasteiger partial charge in [-0.15, -0.1) is 0 Å². The summed E-state index contributed by atoms with van der Waals surface area (Å²) < 4.78 is 4.85. The van der Waals surface area contributed by atoms with E-state index in [0.29, 0.717) is 15.8 Å². The average Bonchev–Trinajstić information content (AvgIpc) is 3.38. The molecule has 0 radical (unpaired) electrons. The van der Waals surface area contributed by atoms with Crippen LogP contribution in [0.5, 0.6) is 0 Å². The second-order valence-corrected chi connectivity index (χ2v) is 7.56. The second-order valence-electron chi connectivity index (χ2n) is 6.77. The minimum Gasteiger partial charge on any atom is -0.375 e. The number of rotatable bonds is 6. The minimum absolute atomic E-state index is 0.0428. The van der Waals surface area contributed by atoms with E-state index in [-0.39, 0.29) is 24.6 Å². The fourth-order valence-electron chi connectivity index (χ4n) is 3.55. The molecule has 3 N–H and O–H groups in total. The summed E-state index contributed by atoms with van der Waals surface area (Å²) in [4.78, 5) is 21.6. The standard InChI is InChI=1S/C21H20ClN5O2S/c1-29-12-18(28)25-15-8-7-13(11-14(15)22)27-20(17-6-4-10-24-17)19(26-21(27)30)16-5-2-3-9-23-16/h2-11,19-20,24H,12H2,1H3,(H,25,28)(H,26,30)/t19-,20+/m0/s1. The number of carbonyl (C=O) groups excluding carboxylic acids is 1. The van der Waals surface area contributed by atoms with Crippen LogP contribution in [0.25, 0.3) is 0 Å². The molecule has 1 aromatic carbocycles. The van der Waals surface area contributed by atoms with Gasteiger partial charge in [-0.1, -0.05) is 17.7 Å². The molecule has 154 valence electrons. The number of H-pyrrole nitrogens is 1. The van der Waals surface area contributed by atoms with E-state index >= 15 is 0 Å². The normalized spacial score (nSPS) is 18.3. The van der Waals surface area contributed by atoms with Crippen LogP contribution < -0.4 is 15.5 Å². The maximum absolute atomic E-state index is 11.8. The number of aromatic nitrogens is 2. The molecule has 9 heteroatoms. The van der Waals surface area contributed by atoms with Gasteiger partial charge < -0.3 is 25.3 Å². The number of benzene rings is 1. The number of thiocarbonyl (C=S) groups is 1. The van der Waals surface area contributed by atoms with Crippen molar-refractivity contribution in [1.82, 2.24) is 15.3 Å². The van der Waals surface area contributed by atoms with Crippen molar-refractivity contribution < 1.29 is 9.53 Å². The zero-order valence-corrected chi connectivity index (χ0v) is 17.7. The number of nitrogens with zero attached hydrogens (tertiary/aromatic N) is 2. The maximum Gasteiger partial charge on any atom is 0.250 e. The Balaban J connectivity index is 1.69. The third kappa shape index (κ3) is 4.02. The summed E-state index contributed by atoms with van der Waals surface area (Å²) in [5, 5.41) is 7.10. The van der Waals surface area contributed by atoms with Crippen molar-refractivity contribution in [3.63, 3.8) is 0 Å². The maximum atomic E-state index is 11.8. The van der Waals surface area contributed by atoms with Gasteiger partial charge in [-0.25, -0.2) is 0 Å². The molecule has 0 saturated carbocycles. The molecule has 0 unspecified atom stereocenters. The number of anilines is 2. The predicted octanol–water partition coefficient (Wildman–Crippen LogP) is 3.83. The molecule has 0 spiro atoms. The summed E-state index contributed by atoms with van der Waals surface area (Å²) in [7, 11) is 1.46. The van der Waals surface area contributed by atoms with E-state index in [1.807, 2.05) is 47.5 Å². The summed E-state index contributed by atoms with van der Waals surface area (Å²) >= 11 is 12.1. The SMILES string of the molecule is COCC(=O)Nc1ccc(N2C(=S)N[C@@H](c3ccccn3)[C@H]2c2ccc[nH]2)cc1Cl. The molecule has 1 aliphatic heterocycles. The highest BCUT2D eigenvalue weighted by atomic mass is 35.5. The number of halogens is 1. The quantitative estimate of drug-likeness (QED) is 0.504. The number of nitrogens with one attached hydrogen (secondary N) is 3. The van der Waals surface area contributed by atoms with Crippen molar-refractivity contribution in [1.29, 1.82) is 0 Å². The van der Waals surface area contributed by atoms with Crippen LogP contribution in [0.2, 0.25) is 5.02 Å². The van der Waals surface area contributed by atoms with E-state index in [0.717, 1.165) is 17.1 Å². The zero-order valence-electron chi connectivity index (χ0n) is 16.1. The van der Waals surface area contributed by atoms with Crippen LogP contribution in [0.1, 0.15) is 23.5 Å². The fourth-order valence-corrected chi connectivity index (χ4v) is 4.12. The van der Waals surface area contributed by atoms with E-state index < -0.39 is 0 Å². The van der Waals surface area contributed by atoms with Gasteiger partial charge in [0.25, 0.3) is 0 Å². The number of aromatic amines is 1. The van der Waals surface area contributed by atoms with Crippen LogP contribution in [0.4, 0.5) is 11.4 Å². The topological polar surface area (TPSA) is 82.3 Å². The Hall–Kier alpha value is -2.94. The molecule has 2 atom stereocenters. The number of carbonyl (C=O) groups is 1. The lowest BCUT2D eigenvalue weighted by molar-refractivity contribution is -0.119. The van der Waals surface area contributed by atoms with Crippen LogP contribution in [0.15, 0.2) is 60.9 Å². The first-order chi connectivity index (χ1) is 14.6. The Bertz CT molecular complexity index is 1040. The van der Waals surface area contributed by atoms with E-state index in [1.54, 1.807) is 18.3 Å². The summed E-state index contributed by atoms with van der Waals surface area (Å²) in [5.41, 5.74) is 3.20. The Labute approximate surface area is 184 Å². The average molecular weight is 442 g/mol. The smallest absolute Gasteiger partial charge is 0.250 e. The highest BCUT2D eigenvalue weighted by Gasteiger charge is 2.41. The van der Waals surface area contributed by atoms with Gasteiger partial charge in [-0.3, -0.25) is 9.78 Å². The van der Waals surface area contributed by atoms with Crippen molar-refractivity contribution in [2.75, 3.05) is 23.9 Å².